The Balaban J connectivity index is 2.28. The second-order valence-electron chi connectivity index (χ2n) is 4.79. The van der Waals surface area contributed by atoms with Gasteiger partial charge in [-0.1, -0.05) is 24.3 Å². The van der Waals surface area contributed by atoms with E-state index >= 15 is 0 Å². The summed E-state index contributed by atoms with van der Waals surface area (Å²) < 4.78 is 0. The lowest BCUT2D eigenvalue weighted by Gasteiger charge is -2.36. The highest BCUT2D eigenvalue weighted by Gasteiger charge is 2.33. The van der Waals surface area contributed by atoms with E-state index in [1.807, 2.05) is 38.1 Å². The van der Waals surface area contributed by atoms with Crippen molar-refractivity contribution in [3.8, 4) is 0 Å². The third kappa shape index (κ3) is 2.23. The van der Waals surface area contributed by atoms with Crippen LogP contribution in [0.25, 0.3) is 0 Å². The third-order valence-corrected chi connectivity index (χ3v) is 3.45. The van der Waals surface area contributed by atoms with Gasteiger partial charge in [0.15, 0.2) is 0 Å². The molecule has 1 fully saturated rings. The molecule has 2 unspecified atom stereocenters. The number of hydrogen-bond donors (Lipinski definition) is 1. The van der Waals surface area contributed by atoms with E-state index in [0.717, 1.165) is 11.1 Å². The van der Waals surface area contributed by atoms with Crippen molar-refractivity contribution in [3.05, 3.63) is 35.4 Å². The summed E-state index contributed by atoms with van der Waals surface area (Å²) in [6, 6.07) is 7.44. The van der Waals surface area contributed by atoms with E-state index < -0.39 is 6.04 Å². The summed E-state index contributed by atoms with van der Waals surface area (Å²) >= 11 is 0. The molecule has 0 saturated carbocycles. The monoisotopic (exact) mass is 246 g/mol. The minimum atomic E-state index is -0.433. The number of carbonyl (C=O) groups is 2. The van der Waals surface area contributed by atoms with Crippen LogP contribution in [0.3, 0.4) is 0 Å². The van der Waals surface area contributed by atoms with Gasteiger partial charge in [-0.05, 0) is 31.9 Å². The van der Waals surface area contributed by atoms with Crippen molar-refractivity contribution < 1.29 is 9.59 Å². The molecule has 0 spiro atoms. The van der Waals surface area contributed by atoms with Crippen molar-refractivity contribution in [1.29, 1.82) is 0 Å². The molecule has 2 rings (SSSR count). The van der Waals surface area contributed by atoms with E-state index in [1.165, 1.54) is 0 Å². The minimum absolute atomic E-state index is 0.0228. The number of piperazine rings is 1. The molecular formula is C14H18N2O2. The van der Waals surface area contributed by atoms with Gasteiger partial charge in [-0.15, -0.1) is 0 Å². The number of carbonyl (C=O) groups excluding carboxylic acids is 2. The van der Waals surface area contributed by atoms with Gasteiger partial charge in [0.1, 0.15) is 12.6 Å². The molecule has 0 bridgehead atoms. The Morgan fingerprint density at radius 3 is 2.67 bits per heavy atom. The number of hydrogen-bond acceptors (Lipinski definition) is 2. The SMILES string of the molecule is Cc1ccccc1C(C)N1CC(=O)NC(C)C1=O. The molecule has 1 aliphatic rings. The Labute approximate surface area is 107 Å². The molecule has 0 radical (unpaired) electrons. The highest BCUT2D eigenvalue weighted by Crippen LogP contribution is 2.24. The van der Waals surface area contributed by atoms with Gasteiger partial charge in [0, 0.05) is 0 Å². The van der Waals surface area contributed by atoms with Gasteiger partial charge in [0.2, 0.25) is 11.8 Å². The maximum absolute atomic E-state index is 12.1. The predicted octanol–water partition coefficient (Wildman–Crippen LogP) is 1.40. The lowest BCUT2D eigenvalue weighted by molar-refractivity contribution is -0.145. The molecular weight excluding hydrogens is 228 g/mol. The first-order valence-electron chi connectivity index (χ1n) is 6.16. The van der Waals surface area contributed by atoms with Crippen LogP contribution in [0.15, 0.2) is 24.3 Å². The average Bonchev–Trinajstić information content (AvgIpc) is 2.33. The van der Waals surface area contributed by atoms with Gasteiger partial charge in [0.05, 0.1) is 6.04 Å². The fraction of sp³-hybridized carbons (Fsp3) is 0.429. The van der Waals surface area contributed by atoms with E-state index in [1.54, 1.807) is 11.8 Å². The van der Waals surface area contributed by atoms with Gasteiger partial charge < -0.3 is 10.2 Å². The second-order valence-corrected chi connectivity index (χ2v) is 4.79. The molecule has 1 aromatic rings. The van der Waals surface area contributed by atoms with E-state index in [-0.39, 0.29) is 24.4 Å². The van der Waals surface area contributed by atoms with Crippen molar-refractivity contribution in [2.75, 3.05) is 6.54 Å². The van der Waals surface area contributed by atoms with E-state index in [4.69, 9.17) is 0 Å². The van der Waals surface area contributed by atoms with Crippen LogP contribution in [-0.2, 0) is 9.59 Å². The number of rotatable bonds is 2. The highest BCUT2D eigenvalue weighted by atomic mass is 16.2. The number of aryl methyl sites for hydroxylation is 1. The molecule has 1 heterocycles. The lowest BCUT2D eigenvalue weighted by Crippen LogP contribution is -2.57. The number of amides is 2. The average molecular weight is 246 g/mol. The van der Waals surface area contributed by atoms with Crippen LogP contribution in [0.2, 0.25) is 0 Å². The van der Waals surface area contributed by atoms with Crippen LogP contribution in [0.4, 0.5) is 0 Å². The summed E-state index contributed by atoms with van der Waals surface area (Å²) in [6.45, 7) is 5.84. The largest absolute Gasteiger partial charge is 0.343 e. The molecule has 1 saturated heterocycles. The minimum Gasteiger partial charge on any atom is -0.343 e. The Morgan fingerprint density at radius 2 is 2.00 bits per heavy atom. The molecule has 18 heavy (non-hydrogen) atoms. The van der Waals surface area contributed by atoms with Gasteiger partial charge in [-0.25, -0.2) is 0 Å². The molecule has 0 aromatic heterocycles. The van der Waals surface area contributed by atoms with E-state index in [9.17, 15) is 9.59 Å². The van der Waals surface area contributed by atoms with Gasteiger partial charge in [-0.2, -0.15) is 0 Å². The summed E-state index contributed by atoms with van der Waals surface area (Å²) in [6.07, 6.45) is 0. The zero-order valence-electron chi connectivity index (χ0n) is 10.9. The molecule has 4 nitrogen and oxygen atoms in total. The summed E-state index contributed by atoms with van der Waals surface area (Å²) in [5.41, 5.74) is 2.23. The van der Waals surface area contributed by atoms with Crippen molar-refractivity contribution >= 4 is 11.8 Å². The van der Waals surface area contributed by atoms with Crippen molar-refractivity contribution in [2.24, 2.45) is 0 Å². The molecule has 4 heteroatoms. The quantitative estimate of drug-likeness (QED) is 0.857. The third-order valence-electron chi connectivity index (χ3n) is 3.45. The summed E-state index contributed by atoms with van der Waals surface area (Å²) in [4.78, 5) is 25.3. The van der Waals surface area contributed by atoms with Crippen LogP contribution in [0.1, 0.15) is 31.0 Å². The van der Waals surface area contributed by atoms with Crippen LogP contribution in [0, 0.1) is 6.92 Å². The van der Waals surface area contributed by atoms with Crippen LogP contribution in [0.5, 0.6) is 0 Å². The zero-order chi connectivity index (χ0) is 13.3. The molecule has 2 atom stereocenters. The van der Waals surface area contributed by atoms with Crippen molar-refractivity contribution in [3.63, 3.8) is 0 Å². The fourth-order valence-corrected chi connectivity index (χ4v) is 2.38. The first-order valence-corrected chi connectivity index (χ1v) is 6.16. The number of nitrogens with one attached hydrogen (secondary N) is 1. The number of benzene rings is 1. The predicted molar refractivity (Wildman–Crippen MR) is 68.9 cm³/mol. The maximum atomic E-state index is 12.1. The van der Waals surface area contributed by atoms with Crippen molar-refractivity contribution in [1.82, 2.24) is 10.2 Å². The van der Waals surface area contributed by atoms with Gasteiger partial charge >= 0.3 is 0 Å². The van der Waals surface area contributed by atoms with Gasteiger partial charge in [-0.3, -0.25) is 9.59 Å². The lowest BCUT2D eigenvalue weighted by atomic mass is 10.00. The van der Waals surface area contributed by atoms with E-state index in [2.05, 4.69) is 5.32 Å². The standard InChI is InChI=1S/C14H18N2O2/c1-9-6-4-5-7-12(9)11(3)16-8-13(17)15-10(2)14(16)18/h4-7,10-11H,8H2,1-3H3,(H,15,17). The normalized spacial score (nSPS) is 21.7. The molecule has 0 aliphatic carbocycles. The second kappa shape index (κ2) is 4.80. The maximum Gasteiger partial charge on any atom is 0.245 e. The van der Waals surface area contributed by atoms with Crippen LogP contribution < -0.4 is 5.32 Å². The van der Waals surface area contributed by atoms with Crippen LogP contribution in [-0.4, -0.2) is 29.3 Å². The van der Waals surface area contributed by atoms with Crippen molar-refractivity contribution in [2.45, 2.75) is 32.9 Å². The Morgan fingerprint density at radius 1 is 1.33 bits per heavy atom. The van der Waals surface area contributed by atoms with Crippen LogP contribution >= 0.6 is 0 Å². The summed E-state index contributed by atoms with van der Waals surface area (Å²) in [5, 5.41) is 2.65. The summed E-state index contributed by atoms with van der Waals surface area (Å²) in [5.74, 6) is -0.118. The Bertz CT molecular complexity index is 484. The van der Waals surface area contributed by atoms with Gasteiger partial charge in [0.25, 0.3) is 0 Å². The topological polar surface area (TPSA) is 49.4 Å². The summed E-state index contributed by atoms with van der Waals surface area (Å²) in [7, 11) is 0. The molecule has 1 N–H and O–H groups in total. The first-order chi connectivity index (χ1) is 8.50. The zero-order valence-corrected chi connectivity index (χ0v) is 10.9. The molecule has 1 aromatic carbocycles. The fourth-order valence-electron chi connectivity index (χ4n) is 2.38. The molecule has 1 aliphatic heterocycles. The Kier molecular flexibility index (Phi) is 3.36. The molecule has 96 valence electrons. The number of nitrogens with zero attached hydrogens (tertiary/aromatic N) is 1. The smallest absolute Gasteiger partial charge is 0.245 e. The highest BCUT2D eigenvalue weighted by molar-refractivity contribution is 5.94. The first kappa shape index (κ1) is 12.6. The Hall–Kier alpha value is -1.84. The molecule has 2 amide bonds. The van der Waals surface area contributed by atoms with E-state index in [0.29, 0.717) is 0 Å².